The van der Waals surface area contributed by atoms with Crippen LogP contribution in [0.1, 0.15) is 5.56 Å². The number of nitrogens with zero attached hydrogens (tertiary/aromatic N) is 2. The quantitative estimate of drug-likeness (QED) is 0.528. The molecule has 0 saturated heterocycles. The van der Waals surface area contributed by atoms with E-state index in [9.17, 15) is 14.5 Å². The summed E-state index contributed by atoms with van der Waals surface area (Å²) in [7, 11) is 0. The average molecular weight is 279 g/mol. The number of nitro benzene ring substituents is 1. The van der Waals surface area contributed by atoms with Crippen molar-refractivity contribution in [2.75, 3.05) is 5.73 Å². The SMILES string of the molecule is Nc1ccc(SCc2cccc([N+](=O)[O-])c2F)cn1. The van der Waals surface area contributed by atoms with Crippen molar-refractivity contribution in [3.63, 3.8) is 0 Å². The first-order valence-electron chi connectivity index (χ1n) is 5.34. The Morgan fingerprint density at radius 1 is 1.37 bits per heavy atom. The Morgan fingerprint density at radius 3 is 2.79 bits per heavy atom. The summed E-state index contributed by atoms with van der Waals surface area (Å²) < 4.78 is 13.8. The molecule has 2 rings (SSSR count). The van der Waals surface area contributed by atoms with Gasteiger partial charge in [0.2, 0.25) is 5.82 Å². The molecule has 0 spiro atoms. The third-order valence-electron chi connectivity index (χ3n) is 2.41. The van der Waals surface area contributed by atoms with Crippen LogP contribution in [0.2, 0.25) is 0 Å². The number of nitro groups is 1. The molecule has 19 heavy (non-hydrogen) atoms. The van der Waals surface area contributed by atoms with E-state index in [-0.39, 0.29) is 5.56 Å². The van der Waals surface area contributed by atoms with Crippen LogP contribution in [0.5, 0.6) is 0 Å². The summed E-state index contributed by atoms with van der Waals surface area (Å²) in [5.41, 5.74) is 5.24. The molecule has 2 N–H and O–H groups in total. The Balaban J connectivity index is 2.13. The van der Waals surface area contributed by atoms with Crippen LogP contribution >= 0.6 is 11.8 Å². The summed E-state index contributed by atoms with van der Waals surface area (Å²) >= 11 is 1.34. The van der Waals surface area contributed by atoms with Gasteiger partial charge < -0.3 is 5.73 Å². The second-order valence-corrected chi connectivity index (χ2v) is 4.76. The van der Waals surface area contributed by atoms with E-state index < -0.39 is 16.4 Å². The molecule has 0 atom stereocenters. The summed E-state index contributed by atoms with van der Waals surface area (Å²) in [6, 6.07) is 7.56. The Kier molecular flexibility index (Phi) is 3.96. The zero-order valence-corrected chi connectivity index (χ0v) is 10.6. The molecule has 0 fully saturated rings. The summed E-state index contributed by atoms with van der Waals surface area (Å²) in [6.07, 6.45) is 1.58. The van der Waals surface area contributed by atoms with E-state index in [0.717, 1.165) is 11.0 Å². The van der Waals surface area contributed by atoms with Gasteiger partial charge in [0.1, 0.15) is 5.82 Å². The molecule has 0 bridgehead atoms. The molecule has 98 valence electrons. The van der Waals surface area contributed by atoms with Crippen LogP contribution in [-0.4, -0.2) is 9.91 Å². The maximum absolute atomic E-state index is 13.8. The van der Waals surface area contributed by atoms with E-state index in [0.29, 0.717) is 11.6 Å². The fourth-order valence-corrected chi connectivity index (χ4v) is 2.29. The molecule has 5 nitrogen and oxygen atoms in total. The number of nitrogens with two attached hydrogens (primary N) is 1. The maximum Gasteiger partial charge on any atom is 0.305 e. The standard InChI is InChI=1S/C12H10FN3O2S/c13-12-8(2-1-3-10(12)16(17)18)7-19-9-4-5-11(14)15-6-9/h1-6H,7H2,(H2,14,15). The molecule has 1 aromatic heterocycles. The number of benzene rings is 1. The molecule has 1 heterocycles. The van der Waals surface area contributed by atoms with Gasteiger partial charge in [-0.15, -0.1) is 11.8 Å². The van der Waals surface area contributed by atoms with Crippen molar-refractivity contribution < 1.29 is 9.31 Å². The number of hydrogen-bond acceptors (Lipinski definition) is 5. The smallest absolute Gasteiger partial charge is 0.305 e. The first-order valence-corrected chi connectivity index (χ1v) is 6.32. The van der Waals surface area contributed by atoms with Crippen molar-refractivity contribution in [3.05, 3.63) is 58.0 Å². The largest absolute Gasteiger partial charge is 0.384 e. The number of aromatic nitrogens is 1. The highest BCUT2D eigenvalue weighted by Crippen LogP contribution is 2.27. The second kappa shape index (κ2) is 5.66. The van der Waals surface area contributed by atoms with Crippen LogP contribution in [-0.2, 0) is 5.75 Å². The maximum atomic E-state index is 13.8. The number of anilines is 1. The van der Waals surface area contributed by atoms with Crippen LogP contribution in [0.3, 0.4) is 0 Å². The Bertz CT molecular complexity index is 604. The fraction of sp³-hybridized carbons (Fsp3) is 0.0833. The van der Waals surface area contributed by atoms with Crippen molar-refractivity contribution in [3.8, 4) is 0 Å². The lowest BCUT2D eigenvalue weighted by Crippen LogP contribution is -1.96. The van der Waals surface area contributed by atoms with Gasteiger partial charge in [-0.2, -0.15) is 4.39 Å². The highest BCUT2D eigenvalue weighted by molar-refractivity contribution is 7.98. The number of pyridine rings is 1. The van der Waals surface area contributed by atoms with Gasteiger partial charge in [-0.3, -0.25) is 10.1 Å². The lowest BCUT2D eigenvalue weighted by molar-refractivity contribution is -0.387. The number of thioether (sulfide) groups is 1. The van der Waals surface area contributed by atoms with Crippen molar-refractivity contribution in [1.29, 1.82) is 0 Å². The molecule has 0 saturated carbocycles. The first-order chi connectivity index (χ1) is 9.08. The van der Waals surface area contributed by atoms with Gasteiger partial charge in [0, 0.05) is 28.5 Å². The lowest BCUT2D eigenvalue weighted by atomic mass is 10.2. The minimum atomic E-state index is -0.789. The molecule has 0 amide bonds. The highest BCUT2D eigenvalue weighted by atomic mass is 32.2. The minimum Gasteiger partial charge on any atom is -0.384 e. The van der Waals surface area contributed by atoms with Crippen molar-refractivity contribution in [2.45, 2.75) is 10.6 Å². The van der Waals surface area contributed by atoms with E-state index in [2.05, 4.69) is 4.98 Å². The van der Waals surface area contributed by atoms with Gasteiger partial charge in [-0.1, -0.05) is 12.1 Å². The monoisotopic (exact) mass is 279 g/mol. The van der Waals surface area contributed by atoms with E-state index in [1.54, 1.807) is 18.3 Å². The molecule has 0 aliphatic rings. The third-order valence-corrected chi connectivity index (χ3v) is 3.44. The summed E-state index contributed by atoms with van der Waals surface area (Å²) in [6.45, 7) is 0. The normalized spacial score (nSPS) is 10.4. The lowest BCUT2D eigenvalue weighted by Gasteiger charge is -2.04. The van der Waals surface area contributed by atoms with Crippen LogP contribution in [0, 0.1) is 15.9 Å². The molecular weight excluding hydrogens is 269 g/mol. The molecule has 7 heteroatoms. The Hall–Kier alpha value is -2.15. The van der Waals surface area contributed by atoms with E-state index in [1.165, 1.54) is 23.9 Å². The Labute approximate surface area is 112 Å². The van der Waals surface area contributed by atoms with Crippen LogP contribution in [0.4, 0.5) is 15.9 Å². The van der Waals surface area contributed by atoms with Gasteiger partial charge in [-0.05, 0) is 12.1 Å². The molecule has 2 aromatic rings. The van der Waals surface area contributed by atoms with Gasteiger partial charge in [0.15, 0.2) is 0 Å². The zero-order valence-electron chi connectivity index (χ0n) is 9.75. The van der Waals surface area contributed by atoms with E-state index >= 15 is 0 Å². The van der Waals surface area contributed by atoms with Gasteiger partial charge >= 0.3 is 5.69 Å². The topological polar surface area (TPSA) is 82.0 Å². The van der Waals surface area contributed by atoms with Gasteiger partial charge in [0.25, 0.3) is 0 Å². The summed E-state index contributed by atoms with van der Waals surface area (Å²) in [5, 5.41) is 10.6. The minimum absolute atomic E-state index is 0.288. The zero-order chi connectivity index (χ0) is 13.8. The van der Waals surface area contributed by atoms with Gasteiger partial charge in [0.05, 0.1) is 4.92 Å². The second-order valence-electron chi connectivity index (χ2n) is 3.71. The summed E-state index contributed by atoms with van der Waals surface area (Å²) in [5.74, 6) is -0.0895. The van der Waals surface area contributed by atoms with Crippen molar-refractivity contribution in [2.24, 2.45) is 0 Å². The molecule has 1 aromatic carbocycles. The average Bonchev–Trinajstić information content (AvgIpc) is 2.39. The molecule has 0 aliphatic heterocycles. The summed E-state index contributed by atoms with van der Waals surface area (Å²) in [4.78, 5) is 14.6. The predicted molar refractivity (Wildman–Crippen MR) is 71.3 cm³/mol. The van der Waals surface area contributed by atoms with E-state index in [4.69, 9.17) is 5.73 Å². The number of rotatable bonds is 4. The fourth-order valence-electron chi connectivity index (χ4n) is 1.46. The van der Waals surface area contributed by atoms with Crippen molar-refractivity contribution in [1.82, 2.24) is 4.98 Å². The first kappa shape index (κ1) is 13.3. The Morgan fingerprint density at radius 2 is 2.16 bits per heavy atom. The number of hydrogen-bond donors (Lipinski definition) is 1. The highest BCUT2D eigenvalue weighted by Gasteiger charge is 2.16. The van der Waals surface area contributed by atoms with Crippen LogP contribution in [0.25, 0.3) is 0 Å². The van der Waals surface area contributed by atoms with Gasteiger partial charge in [-0.25, -0.2) is 4.98 Å². The van der Waals surface area contributed by atoms with Crippen LogP contribution < -0.4 is 5.73 Å². The molecule has 0 aliphatic carbocycles. The van der Waals surface area contributed by atoms with Crippen LogP contribution in [0.15, 0.2) is 41.4 Å². The van der Waals surface area contributed by atoms with Crippen molar-refractivity contribution >= 4 is 23.3 Å². The third kappa shape index (κ3) is 3.19. The molecule has 0 unspecified atom stereocenters. The molecule has 0 radical (unpaired) electrons. The number of nitrogen functional groups attached to an aromatic ring is 1. The molecular formula is C12H10FN3O2S. The predicted octanol–water partition coefficient (Wildman–Crippen LogP) is 3.00. The number of halogens is 1. The van der Waals surface area contributed by atoms with E-state index in [1.807, 2.05) is 0 Å².